The molecule has 4 atom stereocenters. The van der Waals surface area contributed by atoms with Crippen LogP contribution < -0.4 is 10.1 Å². The summed E-state index contributed by atoms with van der Waals surface area (Å²) < 4.78 is 12.7. The second kappa shape index (κ2) is 19.7. The van der Waals surface area contributed by atoms with Crippen LogP contribution in [0.1, 0.15) is 76.1 Å². The number of fused-ring (bicyclic) bond motifs is 1. The predicted molar refractivity (Wildman–Crippen MR) is 179 cm³/mol. The SMILES string of the molecule is C[C@@H]1CCCCO[C@@H](CN(C)C(=O)CCCN(C)C)[C@@H](C)CN([C@H](C)CO)C(=O)c2cc(NC(=O)CCCN(C)C)ccc2O1. The zero-order valence-corrected chi connectivity index (χ0v) is 29.0. The van der Waals surface area contributed by atoms with E-state index in [-0.39, 0.29) is 42.5 Å². The number of benzene rings is 1. The van der Waals surface area contributed by atoms with Gasteiger partial charge < -0.3 is 39.5 Å². The zero-order chi connectivity index (χ0) is 33.5. The lowest BCUT2D eigenvalue weighted by Gasteiger charge is -2.36. The minimum absolute atomic E-state index is 0.0694. The first-order valence-electron chi connectivity index (χ1n) is 16.5. The standard InChI is InChI=1S/C34H59N5O6/c1-25-22-39(26(2)24-40)34(43)29-21-28(35-32(41)14-11-18-36(4)5)16-17-30(29)45-27(3)13-9-10-20-44-31(25)23-38(8)33(42)15-12-19-37(6)7/h16-17,21,25-27,31,40H,9-15,18-20,22-24H2,1-8H3,(H,35,41)/t25-,26+,27+,31-/m0/s1. The van der Waals surface area contributed by atoms with Gasteiger partial charge in [0.25, 0.3) is 5.91 Å². The molecule has 0 aromatic heterocycles. The molecule has 0 unspecified atom stereocenters. The Bertz CT molecular complexity index is 1070. The van der Waals surface area contributed by atoms with Crippen LogP contribution in [-0.4, -0.2) is 135 Å². The van der Waals surface area contributed by atoms with Crippen molar-refractivity contribution in [2.24, 2.45) is 5.92 Å². The fourth-order valence-corrected chi connectivity index (χ4v) is 5.35. The zero-order valence-electron chi connectivity index (χ0n) is 29.0. The number of likely N-dealkylation sites (N-methyl/N-ethyl adjacent to an activating group) is 1. The fraction of sp³-hybridized carbons (Fsp3) is 0.735. The van der Waals surface area contributed by atoms with Gasteiger partial charge in [-0.25, -0.2) is 0 Å². The molecule has 0 fully saturated rings. The number of aliphatic hydroxyl groups is 1. The van der Waals surface area contributed by atoms with E-state index in [2.05, 4.69) is 10.2 Å². The van der Waals surface area contributed by atoms with Crippen LogP contribution in [0.15, 0.2) is 18.2 Å². The van der Waals surface area contributed by atoms with Crippen LogP contribution in [0.5, 0.6) is 5.75 Å². The number of anilines is 1. The van der Waals surface area contributed by atoms with E-state index in [1.54, 1.807) is 28.0 Å². The summed E-state index contributed by atoms with van der Waals surface area (Å²) in [6.45, 7) is 8.51. The molecule has 0 saturated heterocycles. The van der Waals surface area contributed by atoms with Crippen molar-refractivity contribution in [2.75, 3.05) is 79.9 Å². The quantitative estimate of drug-likeness (QED) is 0.339. The number of carbonyl (C=O) groups is 3. The van der Waals surface area contributed by atoms with Crippen LogP contribution in [-0.2, 0) is 14.3 Å². The second-order valence-corrected chi connectivity index (χ2v) is 13.1. The smallest absolute Gasteiger partial charge is 0.258 e. The van der Waals surface area contributed by atoms with Crippen molar-refractivity contribution in [3.63, 3.8) is 0 Å². The Morgan fingerprint density at radius 2 is 1.71 bits per heavy atom. The van der Waals surface area contributed by atoms with Gasteiger partial charge in [0.2, 0.25) is 11.8 Å². The number of ether oxygens (including phenoxy) is 2. The molecule has 3 amide bonds. The molecule has 11 heteroatoms. The summed E-state index contributed by atoms with van der Waals surface area (Å²) in [5.74, 6) is -0.0215. The summed E-state index contributed by atoms with van der Waals surface area (Å²) in [4.78, 5) is 47.3. The van der Waals surface area contributed by atoms with Crippen LogP contribution in [0.3, 0.4) is 0 Å². The third-order valence-electron chi connectivity index (χ3n) is 8.22. The van der Waals surface area contributed by atoms with Crippen molar-refractivity contribution in [3.8, 4) is 5.75 Å². The molecule has 0 bridgehead atoms. The number of amides is 3. The van der Waals surface area contributed by atoms with Gasteiger partial charge in [-0.2, -0.15) is 0 Å². The van der Waals surface area contributed by atoms with Gasteiger partial charge in [0.05, 0.1) is 30.4 Å². The van der Waals surface area contributed by atoms with Crippen molar-refractivity contribution in [2.45, 2.75) is 84.0 Å². The molecule has 1 aliphatic rings. The number of carbonyl (C=O) groups excluding carboxylic acids is 3. The van der Waals surface area contributed by atoms with Gasteiger partial charge in [0.15, 0.2) is 0 Å². The molecule has 1 aromatic rings. The van der Waals surface area contributed by atoms with Crippen LogP contribution in [0.25, 0.3) is 0 Å². The number of nitrogens with one attached hydrogen (secondary N) is 1. The molecule has 11 nitrogen and oxygen atoms in total. The largest absolute Gasteiger partial charge is 0.490 e. The highest BCUT2D eigenvalue weighted by molar-refractivity contribution is 5.99. The van der Waals surface area contributed by atoms with E-state index in [9.17, 15) is 19.5 Å². The number of hydrogen-bond donors (Lipinski definition) is 2. The highest BCUT2D eigenvalue weighted by Gasteiger charge is 2.31. The topological polar surface area (TPSA) is 115 Å². The highest BCUT2D eigenvalue weighted by atomic mass is 16.5. The summed E-state index contributed by atoms with van der Waals surface area (Å²) in [6, 6.07) is 4.71. The van der Waals surface area contributed by atoms with E-state index in [1.807, 2.05) is 60.9 Å². The predicted octanol–water partition coefficient (Wildman–Crippen LogP) is 3.56. The number of aliphatic hydroxyl groups excluding tert-OH is 1. The summed E-state index contributed by atoms with van der Waals surface area (Å²) >= 11 is 0. The minimum Gasteiger partial charge on any atom is -0.490 e. The molecular formula is C34H59N5O6. The first-order valence-corrected chi connectivity index (χ1v) is 16.5. The van der Waals surface area contributed by atoms with Crippen LogP contribution >= 0.6 is 0 Å². The molecule has 1 aliphatic heterocycles. The Morgan fingerprint density at radius 3 is 2.36 bits per heavy atom. The van der Waals surface area contributed by atoms with Crippen molar-refractivity contribution >= 4 is 23.4 Å². The van der Waals surface area contributed by atoms with Crippen molar-refractivity contribution in [3.05, 3.63) is 23.8 Å². The van der Waals surface area contributed by atoms with Crippen LogP contribution in [0, 0.1) is 5.92 Å². The monoisotopic (exact) mass is 633 g/mol. The maximum Gasteiger partial charge on any atom is 0.258 e. The molecule has 45 heavy (non-hydrogen) atoms. The molecule has 0 spiro atoms. The van der Waals surface area contributed by atoms with Crippen LogP contribution in [0.4, 0.5) is 5.69 Å². The first-order chi connectivity index (χ1) is 21.3. The van der Waals surface area contributed by atoms with E-state index in [4.69, 9.17) is 9.47 Å². The number of hydrogen-bond acceptors (Lipinski definition) is 8. The maximum atomic E-state index is 14.3. The molecule has 0 saturated carbocycles. The van der Waals surface area contributed by atoms with E-state index >= 15 is 0 Å². The van der Waals surface area contributed by atoms with Gasteiger partial charge in [-0.05, 0) is 105 Å². The van der Waals surface area contributed by atoms with Crippen molar-refractivity contribution in [1.29, 1.82) is 0 Å². The lowest BCUT2D eigenvalue weighted by Crippen LogP contribution is -2.48. The maximum absolute atomic E-state index is 14.3. The Labute approximate surface area is 271 Å². The first kappa shape index (κ1) is 38.5. The van der Waals surface area contributed by atoms with E-state index < -0.39 is 6.04 Å². The van der Waals surface area contributed by atoms with E-state index in [0.29, 0.717) is 49.5 Å². The molecule has 1 aromatic carbocycles. The van der Waals surface area contributed by atoms with Gasteiger partial charge in [0, 0.05) is 51.2 Å². The van der Waals surface area contributed by atoms with Gasteiger partial charge >= 0.3 is 0 Å². The third kappa shape index (κ3) is 13.7. The average molecular weight is 634 g/mol. The Morgan fingerprint density at radius 1 is 1.04 bits per heavy atom. The van der Waals surface area contributed by atoms with Gasteiger partial charge in [-0.3, -0.25) is 14.4 Å². The Balaban J connectivity index is 2.34. The Kier molecular flexibility index (Phi) is 16.8. The molecule has 0 radical (unpaired) electrons. The molecular weight excluding hydrogens is 574 g/mol. The normalized spacial score (nSPS) is 20.7. The van der Waals surface area contributed by atoms with Crippen LogP contribution in [0.2, 0.25) is 0 Å². The van der Waals surface area contributed by atoms with Crippen molar-refractivity contribution < 1.29 is 29.0 Å². The second-order valence-electron chi connectivity index (χ2n) is 13.1. The summed E-state index contributed by atoms with van der Waals surface area (Å²) in [7, 11) is 9.74. The Hall–Kier alpha value is -2.73. The summed E-state index contributed by atoms with van der Waals surface area (Å²) in [5, 5.41) is 13.1. The third-order valence-corrected chi connectivity index (χ3v) is 8.22. The average Bonchev–Trinajstić information content (AvgIpc) is 2.97. The van der Waals surface area contributed by atoms with E-state index in [0.717, 1.165) is 45.2 Å². The lowest BCUT2D eigenvalue weighted by atomic mass is 10.0. The fourth-order valence-electron chi connectivity index (χ4n) is 5.35. The highest BCUT2D eigenvalue weighted by Crippen LogP contribution is 2.28. The molecule has 2 N–H and O–H groups in total. The molecule has 256 valence electrons. The minimum atomic E-state index is -0.478. The van der Waals surface area contributed by atoms with Gasteiger partial charge in [-0.1, -0.05) is 6.92 Å². The van der Waals surface area contributed by atoms with Gasteiger partial charge in [-0.15, -0.1) is 0 Å². The number of rotatable bonds is 13. The molecule has 2 rings (SSSR count). The molecule has 1 heterocycles. The molecule has 0 aliphatic carbocycles. The van der Waals surface area contributed by atoms with Gasteiger partial charge in [0.1, 0.15) is 5.75 Å². The van der Waals surface area contributed by atoms with Crippen molar-refractivity contribution in [1.82, 2.24) is 19.6 Å². The summed E-state index contributed by atoms with van der Waals surface area (Å²) in [6.07, 6.45) is 4.42. The summed E-state index contributed by atoms with van der Waals surface area (Å²) in [5.41, 5.74) is 0.859. The van der Waals surface area contributed by atoms with E-state index in [1.165, 1.54) is 0 Å². The number of nitrogens with zero attached hydrogens (tertiary/aromatic N) is 4. The lowest BCUT2D eigenvalue weighted by molar-refractivity contribution is -0.132.